The van der Waals surface area contributed by atoms with Gasteiger partial charge in [0.25, 0.3) is 5.91 Å². The molecule has 0 unspecified atom stereocenters. The van der Waals surface area contributed by atoms with Crippen LogP contribution in [-0.4, -0.2) is 50.2 Å². The molecule has 1 heterocycles. The quantitative estimate of drug-likeness (QED) is 0.630. The Balaban J connectivity index is 1.59. The minimum absolute atomic E-state index is 0.0963. The Kier molecular flexibility index (Phi) is 7.03. The van der Waals surface area contributed by atoms with Crippen molar-refractivity contribution in [3.63, 3.8) is 0 Å². The molecule has 1 fully saturated rings. The molecule has 1 aliphatic heterocycles. The second-order valence-corrected chi connectivity index (χ2v) is 8.96. The zero-order chi connectivity index (χ0) is 22.4. The molecule has 0 atom stereocenters. The van der Waals surface area contributed by atoms with Crippen molar-refractivity contribution >= 4 is 39.2 Å². The molecule has 2 aromatic carbocycles. The van der Waals surface area contributed by atoms with E-state index < -0.39 is 28.5 Å². The number of carbonyl (C=O) groups is 3. The lowest BCUT2D eigenvalue weighted by Crippen LogP contribution is -2.28. The van der Waals surface area contributed by atoms with Gasteiger partial charge in [-0.15, -0.1) is 0 Å². The lowest BCUT2D eigenvalue weighted by atomic mass is 10.2. The highest BCUT2D eigenvalue weighted by Gasteiger charge is 2.27. The van der Waals surface area contributed by atoms with Gasteiger partial charge in [-0.3, -0.25) is 9.59 Å². The van der Waals surface area contributed by atoms with Crippen molar-refractivity contribution < 1.29 is 27.5 Å². The summed E-state index contributed by atoms with van der Waals surface area (Å²) < 4.78 is 31.7. The van der Waals surface area contributed by atoms with Gasteiger partial charge in [-0.2, -0.15) is 4.31 Å². The third-order valence-electron chi connectivity index (χ3n) is 4.57. The Morgan fingerprint density at radius 2 is 1.61 bits per heavy atom. The standard InChI is InChI=1S/C21H23N3O6S/c1-15(25)22-17-7-4-6-16(12-17)21(27)30-14-20(26)23-18-8-5-9-19(13-18)31(28,29)24-10-2-3-11-24/h4-9,12-13H,2-3,10-11,14H2,1H3,(H,22,25)(H,23,26). The van der Waals surface area contributed by atoms with E-state index in [0.717, 1.165) is 12.8 Å². The smallest absolute Gasteiger partial charge is 0.338 e. The molecule has 3 rings (SSSR count). The van der Waals surface area contributed by atoms with Crippen LogP contribution in [0.25, 0.3) is 0 Å². The van der Waals surface area contributed by atoms with E-state index in [1.807, 2.05) is 0 Å². The summed E-state index contributed by atoms with van der Waals surface area (Å²) in [4.78, 5) is 35.6. The molecule has 2 N–H and O–H groups in total. The molecule has 2 amide bonds. The minimum atomic E-state index is -3.60. The Morgan fingerprint density at radius 3 is 2.29 bits per heavy atom. The van der Waals surface area contributed by atoms with E-state index in [9.17, 15) is 22.8 Å². The average Bonchev–Trinajstić information content (AvgIpc) is 3.28. The number of anilines is 2. The number of nitrogens with one attached hydrogen (secondary N) is 2. The van der Waals surface area contributed by atoms with Gasteiger partial charge in [0.1, 0.15) is 0 Å². The van der Waals surface area contributed by atoms with E-state index in [1.54, 1.807) is 18.2 Å². The maximum absolute atomic E-state index is 12.7. The normalized spacial score (nSPS) is 14.1. The summed E-state index contributed by atoms with van der Waals surface area (Å²) in [6, 6.07) is 12.1. The fraction of sp³-hybridized carbons (Fsp3) is 0.286. The van der Waals surface area contributed by atoms with Gasteiger partial charge < -0.3 is 15.4 Å². The van der Waals surface area contributed by atoms with Crippen LogP contribution < -0.4 is 10.6 Å². The lowest BCUT2D eigenvalue weighted by molar-refractivity contribution is -0.119. The summed E-state index contributed by atoms with van der Waals surface area (Å²) in [6.07, 6.45) is 1.66. The highest BCUT2D eigenvalue weighted by Crippen LogP contribution is 2.23. The van der Waals surface area contributed by atoms with Crippen LogP contribution in [0.2, 0.25) is 0 Å². The van der Waals surface area contributed by atoms with E-state index in [0.29, 0.717) is 18.8 Å². The fourth-order valence-corrected chi connectivity index (χ4v) is 4.71. The molecule has 9 nitrogen and oxygen atoms in total. The van der Waals surface area contributed by atoms with E-state index in [1.165, 1.54) is 41.6 Å². The highest BCUT2D eigenvalue weighted by molar-refractivity contribution is 7.89. The van der Waals surface area contributed by atoms with E-state index in [2.05, 4.69) is 10.6 Å². The Labute approximate surface area is 180 Å². The molecule has 2 aromatic rings. The van der Waals surface area contributed by atoms with Gasteiger partial charge in [-0.1, -0.05) is 12.1 Å². The van der Waals surface area contributed by atoms with Crippen molar-refractivity contribution in [2.45, 2.75) is 24.7 Å². The summed E-state index contributed by atoms with van der Waals surface area (Å²) in [5.74, 6) is -1.62. The highest BCUT2D eigenvalue weighted by atomic mass is 32.2. The molecule has 1 saturated heterocycles. The molecule has 164 valence electrons. The topological polar surface area (TPSA) is 122 Å². The van der Waals surface area contributed by atoms with Crippen LogP contribution in [0.1, 0.15) is 30.1 Å². The zero-order valence-electron chi connectivity index (χ0n) is 17.0. The first-order valence-corrected chi connectivity index (χ1v) is 11.1. The van der Waals surface area contributed by atoms with Crippen molar-refractivity contribution in [2.24, 2.45) is 0 Å². The van der Waals surface area contributed by atoms with Gasteiger partial charge in [0.05, 0.1) is 10.5 Å². The van der Waals surface area contributed by atoms with Gasteiger partial charge in [-0.05, 0) is 49.2 Å². The number of hydrogen-bond acceptors (Lipinski definition) is 6. The summed E-state index contributed by atoms with van der Waals surface area (Å²) in [5, 5.41) is 5.09. The van der Waals surface area contributed by atoms with Crippen LogP contribution in [0.5, 0.6) is 0 Å². The summed E-state index contributed by atoms with van der Waals surface area (Å²) in [5.41, 5.74) is 0.897. The molecule has 0 aliphatic carbocycles. The van der Waals surface area contributed by atoms with Gasteiger partial charge in [0.15, 0.2) is 6.61 Å². The van der Waals surface area contributed by atoms with Gasteiger partial charge in [0, 0.05) is 31.4 Å². The third-order valence-corrected chi connectivity index (χ3v) is 6.47. The first-order valence-electron chi connectivity index (χ1n) is 9.70. The number of benzene rings is 2. The number of hydrogen-bond donors (Lipinski definition) is 2. The minimum Gasteiger partial charge on any atom is -0.452 e. The summed E-state index contributed by atoms with van der Waals surface area (Å²) >= 11 is 0. The first kappa shape index (κ1) is 22.4. The largest absolute Gasteiger partial charge is 0.452 e. The molecule has 31 heavy (non-hydrogen) atoms. The van der Waals surface area contributed by atoms with Crippen LogP contribution in [0, 0.1) is 0 Å². The second-order valence-electron chi connectivity index (χ2n) is 7.03. The van der Waals surface area contributed by atoms with E-state index >= 15 is 0 Å². The molecule has 10 heteroatoms. The summed E-state index contributed by atoms with van der Waals surface area (Å²) in [6.45, 7) is 1.77. The van der Waals surface area contributed by atoms with Crippen molar-refractivity contribution in [1.29, 1.82) is 0 Å². The summed E-state index contributed by atoms with van der Waals surface area (Å²) in [7, 11) is -3.60. The van der Waals surface area contributed by atoms with Crippen LogP contribution in [0.4, 0.5) is 11.4 Å². The molecular weight excluding hydrogens is 422 g/mol. The van der Waals surface area contributed by atoms with Crippen LogP contribution >= 0.6 is 0 Å². The van der Waals surface area contributed by atoms with Crippen molar-refractivity contribution in [3.05, 3.63) is 54.1 Å². The zero-order valence-corrected chi connectivity index (χ0v) is 17.8. The lowest BCUT2D eigenvalue weighted by Gasteiger charge is -2.16. The molecule has 1 aliphatic rings. The predicted octanol–water partition coefficient (Wildman–Crippen LogP) is 2.22. The first-order chi connectivity index (χ1) is 14.8. The number of carbonyl (C=O) groups excluding carboxylic acids is 3. The third kappa shape index (κ3) is 5.89. The molecule has 0 aromatic heterocycles. The van der Waals surface area contributed by atoms with Gasteiger partial charge in [-0.25, -0.2) is 13.2 Å². The molecular formula is C21H23N3O6S. The van der Waals surface area contributed by atoms with Gasteiger partial charge >= 0.3 is 5.97 Å². The monoisotopic (exact) mass is 445 g/mol. The Morgan fingerprint density at radius 1 is 0.968 bits per heavy atom. The molecule has 0 bridgehead atoms. The Hall–Kier alpha value is -3.24. The molecule has 0 radical (unpaired) electrons. The maximum atomic E-state index is 12.7. The van der Waals surface area contributed by atoms with Crippen molar-refractivity contribution in [2.75, 3.05) is 30.3 Å². The number of esters is 1. The van der Waals surface area contributed by atoms with Gasteiger partial charge in [0.2, 0.25) is 15.9 Å². The van der Waals surface area contributed by atoms with Crippen LogP contribution in [-0.2, 0) is 24.3 Å². The van der Waals surface area contributed by atoms with Crippen LogP contribution in [0.3, 0.4) is 0 Å². The number of nitrogens with zero attached hydrogens (tertiary/aromatic N) is 1. The fourth-order valence-electron chi connectivity index (χ4n) is 3.15. The SMILES string of the molecule is CC(=O)Nc1cccc(C(=O)OCC(=O)Nc2cccc(S(=O)(=O)N3CCCC3)c2)c1. The van der Waals surface area contributed by atoms with Crippen molar-refractivity contribution in [3.8, 4) is 0 Å². The number of sulfonamides is 1. The van der Waals surface area contributed by atoms with E-state index in [4.69, 9.17) is 4.74 Å². The molecule has 0 spiro atoms. The number of rotatable bonds is 7. The predicted molar refractivity (Wildman–Crippen MR) is 114 cm³/mol. The Bertz CT molecular complexity index is 1090. The van der Waals surface area contributed by atoms with E-state index in [-0.39, 0.29) is 22.1 Å². The maximum Gasteiger partial charge on any atom is 0.338 e. The average molecular weight is 445 g/mol. The molecule has 0 saturated carbocycles. The number of ether oxygens (including phenoxy) is 1. The van der Waals surface area contributed by atoms with Crippen LogP contribution in [0.15, 0.2) is 53.4 Å². The van der Waals surface area contributed by atoms with Crippen molar-refractivity contribution in [1.82, 2.24) is 4.31 Å². The second kappa shape index (κ2) is 9.71. The number of amides is 2.